The molecule has 6 nitrogen and oxygen atoms in total. The number of fused-ring (bicyclic) bond motifs is 1. The lowest BCUT2D eigenvalue weighted by molar-refractivity contribution is -0.122. The summed E-state index contributed by atoms with van der Waals surface area (Å²) in [6.45, 7) is 1.74. The summed E-state index contributed by atoms with van der Waals surface area (Å²) >= 11 is 6.10. The first-order valence-corrected chi connectivity index (χ1v) is 11.1. The van der Waals surface area contributed by atoms with Crippen molar-refractivity contribution in [3.8, 4) is 5.75 Å². The van der Waals surface area contributed by atoms with Gasteiger partial charge in [-0.25, -0.2) is 8.42 Å². The summed E-state index contributed by atoms with van der Waals surface area (Å²) in [5.74, 6) is -0.163. The van der Waals surface area contributed by atoms with Gasteiger partial charge in [0.2, 0.25) is 0 Å². The Morgan fingerprint density at radius 3 is 2.57 bits per heavy atom. The van der Waals surface area contributed by atoms with Gasteiger partial charge in [0, 0.05) is 10.7 Å². The van der Waals surface area contributed by atoms with Gasteiger partial charge in [0.1, 0.15) is 5.75 Å². The van der Waals surface area contributed by atoms with Crippen LogP contribution >= 0.6 is 11.6 Å². The quantitative estimate of drug-likeness (QED) is 0.655. The molecule has 3 aromatic rings. The summed E-state index contributed by atoms with van der Waals surface area (Å²) < 4.78 is 33.7. The minimum Gasteiger partial charge on any atom is -0.476 e. The highest BCUT2D eigenvalue weighted by Crippen LogP contribution is 2.39. The summed E-state index contributed by atoms with van der Waals surface area (Å²) in [7, 11) is -3.92. The summed E-state index contributed by atoms with van der Waals surface area (Å²) in [5.41, 5.74) is 1.90. The average molecular weight is 443 g/mol. The molecule has 1 heterocycles. The Morgan fingerprint density at radius 2 is 1.83 bits per heavy atom. The van der Waals surface area contributed by atoms with Crippen molar-refractivity contribution in [1.82, 2.24) is 0 Å². The molecule has 1 atom stereocenters. The fourth-order valence-electron chi connectivity index (χ4n) is 3.25. The number of hydrogen-bond donors (Lipinski definition) is 1. The second-order valence-corrected chi connectivity index (χ2v) is 9.23. The van der Waals surface area contributed by atoms with Gasteiger partial charge < -0.3 is 10.1 Å². The van der Waals surface area contributed by atoms with Crippen molar-refractivity contribution in [2.45, 2.75) is 17.9 Å². The third kappa shape index (κ3) is 3.99. The summed E-state index contributed by atoms with van der Waals surface area (Å²) in [6, 6.07) is 20.1. The van der Waals surface area contributed by atoms with Crippen molar-refractivity contribution in [2.75, 3.05) is 16.2 Å². The largest absolute Gasteiger partial charge is 0.476 e. The Hall–Kier alpha value is -3.03. The first-order valence-electron chi connectivity index (χ1n) is 9.26. The van der Waals surface area contributed by atoms with Gasteiger partial charge in [-0.1, -0.05) is 41.9 Å². The van der Waals surface area contributed by atoms with E-state index < -0.39 is 22.0 Å². The van der Waals surface area contributed by atoms with E-state index in [1.54, 1.807) is 36.4 Å². The van der Waals surface area contributed by atoms with E-state index in [1.807, 2.05) is 25.1 Å². The maximum atomic E-state index is 13.3. The Balaban J connectivity index is 1.70. The summed E-state index contributed by atoms with van der Waals surface area (Å²) in [6.07, 6.45) is -1.03. The van der Waals surface area contributed by atoms with Crippen molar-refractivity contribution >= 4 is 38.9 Å². The van der Waals surface area contributed by atoms with Gasteiger partial charge in [-0.3, -0.25) is 9.10 Å². The number of benzene rings is 3. The highest BCUT2D eigenvalue weighted by atomic mass is 35.5. The lowest BCUT2D eigenvalue weighted by Crippen LogP contribution is -2.48. The van der Waals surface area contributed by atoms with Crippen molar-refractivity contribution < 1.29 is 17.9 Å². The van der Waals surface area contributed by atoms with E-state index in [4.69, 9.17) is 16.3 Å². The van der Waals surface area contributed by atoms with Crippen LogP contribution in [0.5, 0.6) is 5.75 Å². The number of nitrogens with zero attached hydrogens (tertiary/aromatic N) is 1. The fraction of sp³-hybridized carbons (Fsp3) is 0.136. The second kappa shape index (κ2) is 8.01. The standard InChI is InChI=1S/C22H19ClN2O4S/c1-15-6-5-7-17(12-15)24-22(26)21-14-25(19-13-16(23)10-11-20(19)29-21)30(27,28)18-8-3-2-4-9-18/h2-13,21H,14H2,1H3,(H,24,26)/t21-/m0/s1. The number of rotatable bonds is 4. The van der Waals surface area contributed by atoms with Crippen molar-refractivity contribution in [2.24, 2.45) is 0 Å². The zero-order valence-electron chi connectivity index (χ0n) is 16.1. The Bertz CT molecular complexity index is 1200. The number of carbonyl (C=O) groups excluding carboxylic acids is 1. The summed E-state index contributed by atoms with van der Waals surface area (Å²) in [4.78, 5) is 13.0. The zero-order valence-corrected chi connectivity index (χ0v) is 17.7. The number of hydrogen-bond acceptors (Lipinski definition) is 4. The topological polar surface area (TPSA) is 75.7 Å². The fourth-order valence-corrected chi connectivity index (χ4v) is 4.91. The van der Waals surface area contributed by atoms with Crippen LogP contribution in [0.4, 0.5) is 11.4 Å². The Kier molecular flexibility index (Phi) is 5.40. The Labute approximate surface area is 180 Å². The van der Waals surface area contributed by atoms with Gasteiger partial charge in [-0.2, -0.15) is 0 Å². The number of sulfonamides is 1. The molecule has 0 saturated carbocycles. The molecule has 1 aliphatic rings. The van der Waals surface area contributed by atoms with Crippen LogP contribution in [0, 0.1) is 6.92 Å². The monoisotopic (exact) mass is 442 g/mol. The number of carbonyl (C=O) groups is 1. The number of halogens is 1. The van der Waals surface area contributed by atoms with Crippen molar-refractivity contribution in [1.29, 1.82) is 0 Å². The molecule has 0 radical (unpaired) electrons. The smallest absolute Gasteiger partial charge is 0.267 e. The molecule has 0 aliphatic carbocycles. The lowest BCUT2D eigenvalue weighted by atomic mass is 10.2. The molecular weight excluding hydrogens is 424 g/mol. The number of anilines is 2. The van der Waals surface area contributed by atoms with E-state index in [9.17, 15) is 13.2 Å². The number of nitrogens with one attached hydrogen (secondary N) is 1. The molecule has 0 spiro atoms. The Morgan fingerprint density at radius 1 is 1.07 bits per heavy atom. The van der Waals surface area contributed by atoms with Gasteiger partial charge in [0.15, 0.2) is 6.10 Å². The summed E-state index contributed by atoms with van der Waals surface area (Å²) in [5, 5.41) is 3.16. The number of aryl methyl sites for hydroxylation is 1. The first kappa shape index (κ1) is 20.3. The second-order valence-electron chi connectivity index (χ2n) is 6.93. The van der Waals surface area contributed by atoms with E-state index in [2.05, 4.69) is 5.32 Å². The lowest BCUT2D eigenvalue weighted by Gasteiger charge is -2.34. The van der Waals surface area contributed by atoms with Crippen LogP contribution in [0.2, 0.25) is 5.02 Å². The van der Waals surface area contributed by atoms with E-state index in [-0.39, 0.29) is 17.2 Å². The van der Waals surface area contributed by atoms with Gasteiger partial charge >= 0.3 is 0 Å². The van der Waals surface area contributed by atoms with Crippen LogP contribution < -0.4 is 14.4 Å². The normalized spacial score (nSPS) is 15.8. The molecule has 0 bridgehead atoms. The van der Waals surface area contributed by atoms with Gasteiger partial charge in [-0.05, 0) is 55.0 Å². The molecule has 154 valence electrons. The van der Waals surface area contributed by atoms with Crippen LogP contribution in [0.3, 0.4) is 0 Å². The molecule has 30 heavy (non-hydrogen) atoms. The maximum absolute atomic E-state index is 13.3. The van der Waals surface area contributed by atoms with E-state index >= 15 is 0 Å². The van der Waals surface area contributed by atoms with E-state index in [0.717, 1.165) is 5.56 Å². The molecule has 0 saturated heterocycles. The minimum atomic E-state index is -3.92. The van der Waals surface area contributed by atoms with E-state index in [1.165, 1.54) is 22.5 Å². The molecular formula is C22H19ClN2O4S. The van der Waals surface area contributed by atoms with Crippen molar-refractivity contribution in [3.63, 3.8) is 0 Å². The molecule has 0 unspecified atom stereocenters. The molecule has 1 amide bonds. The average Bonchev–Trinajstić information content (AvgIpc) is 2.73. The highest BCUT2D eigenvalue weighted by Gasteiger charge is 2.37. The van der Waals surface area contributed by atoms with E-state index in [0.29, 0.717) is 16.4 Å². The molecule has 1 N–H and O–H groups in total. The predicted octanol–water partition coefficient (Wildman–Crippen LogP) is 4.24. The van der Waals surface area contributed by atoms with Crippen LogP contribution in [0.25, 0.3) is 0 Å². The third-order valence-electron chi connectivity index (χ3n) is 4.70. The van der Waals surface area contributed by atoms with Gasteiger partial charge in [-0.15, -0.1) is 0 Å². The van der Waals surface area contributed by atoms with Crippen LogP contribution in [-0.4, -0.2) is 27.0 Å². The van der Waals surface area contributed by atoms with Crippen LogP contribution in [-0.2, 0) is 14.8 Å². The predicted molar refractivity (Wildman–Crippen MR) is 117 cm³/mol. The third-order valence-corrected chi connectivity index (χ3v) is 6.73. The van der Waals surface area contributed by atoms with Crippen molar-refractivity contribution in [3.05, 3.63) is 83.4 Å². The first-order chi connectivity index (χ1) is 14.3. The van der Waals surface area contributed by atoms with Gasteiger partial charge in [0.05, 0.1) is 17.1 Å². The number of amides is 1. The number of ether oxygens (including phenoxy) is 1. The SMILES string of the molecule is Cc1cccc(NC(=O)[C@@H]2CN(S(=O)(=O)c3ccccc3)c3cc(Cl)ccc3O2)c1. The molecule has 0 aromatic heterocycles. The molecule has 3 aromatic carbocycles. The zero-order chi connectivity index (χ0) is 21.3. The van der Waals surface area contributed by atoms with Crippen LogP contribution in [0.15, 0.2) is 77.7 Å². The van der Waals surface area contributed by atoms with Gasteiger partial charge in [0.25, 0.3) is 15.9 Å². The molecule has 4 rings (SSSR count). The molecule has 0 fully saturated rings. The highest BCUT2D eigenvalue weighted by molar-refractivity contribution is 7.92. The molecule has 1 aliphatic heterocycles. The maximum Gasteiger partial charge on any atom is 0.267 e. The minimum absolute atomic E-state index is 0.121. The molecule has 8 heteroatoms. The van der Waals surface area contributed by atoms with Crippen LogP contribution in [0.1, 0.15) is 5.56 Å².